The van der Waals surface area contributed by atoms with Crippen LogP contribution in [-0.2, 0) is 9.47 Å². The highest BCUT2D eigenvalue weighted by atomic mass is 16.5. The molecule has 0 saturated carbocycles. The lowest BCUT2D eigenvalue weighted by molar-refractivity contribution is -0.0900. The minimum Gasteiger partial charge on any atom is -0.373 e. The summed E-state index contributed by atoms with van der Waals surface area (Å²) in [4.78, 5) is 0. The van der Waals surface area contributed by atoms with Gasteiger partial charge in [0.05, 0.1) is 24.4 Å². The van der Waals surface area contributed by atoms with E-state index in [1.807, 2.05) is 0 Å². The van der Waals surface area contributed by atoms with Gasteiger partial charge in [-0.25, -0.2) is 0 Å². The van der Waals surface area contributed by atoms with Crippen LogP contribution in [0.15, 0.2) is 0 Å². The summed E-state index contributed by atoms with van der Waals surface area (Å²) in [6.45, 7) is 18.5. The van der Waals surface area contributed by atoms with Gasteiger partial charge in [0.25, 0.3) is 0 Å². The van der Waals surface area contributed by atoms with Gasteiger partial charge < -0.3 is 9.47 Å². The van der Waals surface area contributed by atoms with Crippen molar-refractivity contribution in [2.45, 2.75) is 73.0 Å². The molecule has 2 nitrogen and oxygen atoms in total. The molecule has 0 heterocycles. The minimum absolute atomic E-state index is 0.0699. The molecular weight excluding hydrogens is 200 g/mol. The first-order valence-electron chi connectivity index (χ1n) is 6.19. The van der Waals surface area contributed by atoms with Gasteiger partial charge in [-0.1, -0.05) is 20.8 Å². The third-order valence-electron chi connectivity index (χ3n) is 2.07. The normalized spacial score (nSPS) is 14.2. The van der Waals surface area contributed by atoms with Gasteiger partial charge in [0.2, 0.25) is 0 Å². The largest absolute Gasteiger partial charge is 0.373 e. The van der Waals surface area contributed by atoms with Crippen LogP contribution in [0.4, 0.5) is 0 Å². The van der Waals surface area contributed by atoms with Gasteiger partial charge >= 0.3 is 0 Å². The number of hydrogen-bond acceptors (Lipinski definition) is 2. The van der Waals surface area contributed by atoms with Crippen LogP contribution in [0.5, 0.6) is 0 Å². The highest BCUT2D eigenvalue weighted by molar-refractivity contribution is 4.76. The van der Waals surface area contributed by atoms with Gasteiger partial charge in [-0.2, -0.15) is 0 Å². The second-order valence-corrected chi connectivity index (χ2v) is 7.31. The van der Waals surface area contributed by atoms with E-state index in [0.717, 1.165) is 6.42 Å². The van der Waals surface area contributed by atoms with E-state index in [0.29, 0.717) is 18.6 Å². The van der Waals surface area contributed by atoms with Gasteiger partial charge in [0.1, 0.15) is 0 Å². The molecule has 0 aliphatic carbocycles. The van der Waals surface area contributed by atoms with Crippen LogP contribution in [-0.4, -0.2) is 24.4 Å². The minimum atomic E-state index is -0.0719. The number of ether oxygens (including phenoxy) is 2. The molecule has 0 aliphatic heterocycles. The smallest absolute Gasteiger partial charge is 0.0708 e. The molecule has 0 aromatic carbocycles. The van der Waals surface area contributed by atoms with E-state index in [1.165, 1.54) is 0 Å². The summed E-state index contributed by atoms with van der Waals surface area (Å²) >= 11 is 0. The average Bonchev–Trinajstić information content (AvgIpc) is 1.91. The average molecular weight is 230 g/mol. The van der Waals surface area contributed by atoms with Crippen LogP contribution in [0.1, 0.15) is 61.8 Å². The van der Waals surface area contributed by atoms with Crippen molar-refractivity contribution < 1.29 is 9.47 Å². The molecule has 0 aromatic heterocycles. The van der Waals surface area contributed by atoms with Crippen molar-refractivity contribution in [2.75, 3.05) is 13.2 Å². The van der Waals surface area contributed by atoms with Gasteiger partial charge in [0, 0.05) is 0 Å². The quantitative estimate of drug-likeness (QED) is 0.664. The van der Waals surface area contributed by atoms with Crippen LogP contribution < -0.4 is 0 Å². The monoisotopic (exact) mass is 230 g/mol. The Morgan fingerprint density at radius 2 is 1.12 bits per heavy atom. The molecular formula is C14H30O2. The Kier molecular flexibility index (Phi) is 5.48. The zero-order chi connectivity index (χ0) is 13.0. The molecule has 0 aliphatic rings. The highest BCUT2D eigenvalue weighted by Crippen LogP contribution is 2.29. The van der Waals surface area contributed by atoms with E-state index < -0.39 is 0 Å². The van der Waals surface area contributed by atoms with Crippen LogP contribution in [0.2, 0.25) is 0 Å². The molecule has 0 radical (unpaired) electrons. The molecule has 2 heteroatoms. The van der Waals surface area contributed by atoms with E-state index in [-0.39, 0.29) is 11.2 Å². The first-order chi connectivity index (χ1) is 6.91. The summed E-state index contributed by atoms with van der Waals surface area (Å²) in [6, 6.07) is 0. The van der Waals surface area contributed by atoms with Crippen molar-refractivity contribution in [1.82, 2.24) is 0 Å². The van der Waals surface area contributed by atoms with Crippen molar-refractivity contribution in [1.29, 1.82) is 0 Å². The third kappa shape index (κ3) is 10.4. The van der Waals surface area contributed by atoms with Gasteiger partial charge in [0.15, 0.2) is 0 Å². The second kappa shape index (κ2) is 5.50. The maximum Gasteiger partial charge on any atom is 0.0708 e. The molecule has 0 rings (SSSR count). The summed E-state index contributed by atoms with van der Waals surface area (Å²) in [5.41, 5.74) is 0.158. The zero-order valence-corrected chi connectivity index (χ0v) is 12.4. The Hall–Kier alpha value is -0.0800. The Morgan fingerprint density at radius 3 is 1.50 bits per heavy atom. The second-order valence-electron chi connectivity index (χ2n) is 7.31. The first-order valence-corrected chi connectivity index (χ1v) is 6.19. The lowest BCUT2D eigenvalue weighted by Crippen LogP contribution is -2.32. The van der Waals surface area contributed by atoms with E-state index in [1.54, 1.807) is 0 Å². The molecule has 0 fully saturated rings. The predicted octanol–water partition coefficient (Wildman–Crippen LogP) is 4.03. The number of rotatable bonds is 5. The van der Waals surface area contributed by atoms with E-state index in [2.05, 4.69) is 55.4 Å². The zero-order valence-electron chi connectivity index (χ0n) is 12.4. The molecule has 0 unspecified atom stereocenters. The molecule has 0 atom stereocenters. The molecule has 0 bridgehead atoms. The maximum atomic E-state index is 5.88. The van der Waals surface area contributed by atoms with Crippen LogP contribution in [0.3, 0.4) is 0 Å². The third-order valence-corrected chi connectivity index (χ3v) is 2.07. The van der Waals surface area contributed by atoms with E-state index in [4.69, 9.17) is 9.47 Å². The van der Waals surface area contributed by atoms with Gasteiger partial charge in [-0.05, 0) is 46.5 Å². The lowest BCUT2D eigenvalue weighted by atomic mass is 9.84. The molecule has 0 amide bonds. The van der Waals surface area contributed by atoms with E-state index in [9.17, 15) is 0 Å². The summed E-state index contributed by atoms with van der Waals surface area (Å²) in [5, 5.41) is 0. The Labute approximate surface area is 102 Å². The number of hydrogen-bond donors (Lipinski definition) is 0. The fourth-order valence-electron chi connectivity index (χ4n) is 1.99. The SMILES string of the molecule is CC(C)(C)CC(C)(C)OCCOC(C)(C)C. The molecule has 0 spiro atoms. The standard InChI is InChI=1S/C14H30O2/c1-12(2,3)11-14(7,8)16-10-9-15-13(4,5)6/h9-11H2,1-8H3. The van der Waals surface area contributed by atoms with Crippen molar-refractivity contribution >= 4 is 0 Å². The van der Waals surface area contributed by atoms with Crippen molar-refractivity contribution in [3.05, 3.63) is 0 Å². The highest BCUT2D eigenvalue weighted by Gasteiger charge is 2.26. The van der Waals surface area contributed by atoms with E-state index >= 15 is 0 Å². The molecule has 0 saturated heterocycles. The summed E-state index contributed by atoms with van der Waals surface area (Å²) in [6.07, 6.45) is 1.05. The lowest BCUT2D eigenvalue weighted by Gasteiger charge is -2.33. The van der Waals surface area contributed by atoms with Crippen molar-refractivity contribution in [3.8, 4) is 0 Å². The Morgan fingerprint density at radius 1 is 0.688 bits per heavy atom. The topological polar surface area (TPSA) is 18.5 Å². The molecule has 98 valence electrons. The van der Waals surface area contributed by atoms with Crippen LogP contribution in [0.25, 0.3) is 0 Å². The van der Waals surface area contributed by atoms with Crippen LogP contribution >= 0.6 is 0 Å². The first kappa shape index (κ1) is 15.9. The molecule has 0 aromatic rings. The van der Waals surface area contributed by atoms with Gasteiger partial charge in [-0.15, -0.1) is 0 Å². The summed E-state index contributed by atoms with van der Waals surface area (Å²) in [5.74, 6) is 0. The van der Waals surface area contributed by atoms with Crippen LogP contribution in [0, 0.1) is 5.41 Å². The van der Waals surface area contributed by atoms with Gasteiger partial charge in [-0.3, -0.25) is 0 Å². The molecule has 0 N–H and O–H groups in total. The summed E-state index contributed by atoms with van der Waals surface area (Å²) < 4.78 is 11.5. The fourth-order valence-corrected chi connectivity index (χ4v) is 1.99. The van der Waals surface area contributed by atoms with Crippen molar-refractivity contribution in [2.24, 2.45) is 5.41 Å². The van der Waals surface area contributed by atoms with Crippen molar-refractivity contribution in [3.63, 3.8) is 0 Å². The summed E-state index contributed by atoms with van der Waals surface area (Å²) in [7, 11) is 0. The Balaban J connectivity index is 3.83. The Bertz CT molecular complexity index is 194. The predicted molar refractivity (Wildman–Crippen MR) is 69.8 cm³/mol. The molecule has 16 heavy (non-hydrogen) atoms. The fraction of sp³-hybridized carbons (Fsp3) is 1.00. The maximum absolute atomic E-state index is 5.88.